The Balaban J connectivity index is 2.17. The van der Waals surface area contributed by atoms with Crippen LogP contribution >= 0.6 is 0 Å². The number of rotatable bonds is 3. The van der Waals surface area contributed by atoms with Gasteiger partial charge in [0.15, 0.2) is 0 Å². The average Bonchev–Trinajstić information content (AvgIpc) is 2.66. The summed E-state index contributed by atoms with van der Waals surface area (Å²) in [5.74, 6) is -1.88. The lowest BCUT2D eigenvalue weighted by atomic mass is 10.1. The molecule has 1 heterocycles. The highest BCUT2D eigenvalue weighted by atomic mass is 19.1. The number of aromatic nitrogens is 2. The smallest absolute Gasteiger partial charge is 0.377 e. The molecular formula is C10H7FN2O3. The van der Waals surface area contributed by atoms with Crippen LogP contribution in [0.15, 0.2) is 28.8 Å². The molecule has 0 radical (unpaired) electrons. The van der Waals surface area contributed by atoms with Gasteiger partial charge in [-0.1, -0.05) is 12.1 Å². The van der Waals surface area contributed by atoms with Gasteiger partial charge in [0.2, 0.25) is 5.89 Å². The molecule has 0 fully saturated rings. The monoisotopic (exact) mass is 222 g/mol. The van der Waals surface area contributed by atoms with E-state index in [1.807, 2.05) is 0 Å². The molecule has 0 saturated carbocycles. The van der Waals surface area contributed by atoms with Crippen molar-refractivity contribution in [2.24, 2.45) is 0 Å². The summed E-state index contributed by atoms with van der Waals surface area (Å²) in [5.41, 5.74) is 0.639. The SMILES string of the molecule is O=C(O)c1noc(Cc2cccc(F)c2)n1. The van der Waals surface area contributed by atoms with Crippen LogP contribution in [-0.4, -0.2) is 21.2 Å². The molecule has 0 aliphatic rings. The Kier molecular flexibility index (Phi) is 2.63. The Morgan fingerprint density at radius 3 is 2.94 bits per heavy atom. The summed E-state index contributed by atoms with van der Waals surface area (Å²) in [7, 11) is 0. The second kappa shape index (κ2) is 4.09. The van der Waals surface area contributed by atoms with Crippen LogP contribution in [0, 0.1) is 5.82 Å². The third kappa shape index (κ3) is 2.22. The highest BCUT2D eigenvalue weighted by Gasteiger charge is 2.12. The molecule has 6 heteroatoms. The summed E-state index contributed by atoms with van der Waals surface area (Å²) in [4.78, 5) is 14.1. The number of carboxylic acid groups (broad SMARTS) is 1. The molecule has 5 nitrogen and oxygen atoms in total. The Bertz CT molecular complexity index is 524. The van der Waals surface area contributed by atoms with Gasteiger partial charge in [-0.2, -0.15) is 4.98 Å². The molecule has 2 aromatic rings. The maximum atomic E-state index is 12.8. The lowest BCUT2D eigenvalue weighted by Gasteiger charge is -1.95. The molecule has 0 amide bonds. The minimum Gasteiger partial charge on any atom is -0.475 e. The van der Waals surface area contributed by atoms with Crippen LogP contribution in [0.3, 0.4) is 0 Å². The highest BCUT2D eigenvalue weighted by Crippen LogP contribution is 2.09. The number of carboxylic acids is 1. The summed E-state index contributed by atoms with van der Waals surface area (Å²) in [6, 6.07) is 5.89. The van der Waals surface area contributed by atoms with Gasteiger partial charge in [0.25, 0.3) is 5.82 Å². The number of nitrogens with zero attached hydrogens (tertiary/aromatic N) is 2. The fraction of sp³-hybridized carbons (Fsp3) is 0.100. The fourth-order valence-corrected chi connectivity index (χ4v) is 1.24. The van der Waals surface area contributed by atoms with Crippen molar-refractivity contribution < 1.29 is 18.8 Å². The molecule has 0 unspecified atom stereocenters. The maximum absolute atomic E-state index is 12.8. The molecule has 0 spiro atoms. The Morgan fingerprint density at radius 2 is 2.31 bits per heavy atom. The Labute approximate surface area is 89.5 Å². The largest absolute Gasteiger partial charge is 0.475 e. The van der Waals surface area contributed by atoms with E-state index in [1.165, 1.54) is 12.1 Å². The maximum Gasteiger partial charge on any atom is 0.377 e. The molecule has 0 aliphatic heterocycles. The number of carbonyl (C=O) groups is 1. The minimum atomic E-state index is -1.26. The molecule has 82 valence electrons. The summed E-state index contributed by atoms with van der Waals surface area (Å²) in [6.45, 7) is 0. The lowest BCUT2D eigenvalue weighted by molar-refractivity contribution is 0.0680. The molecule has 1 aromatic carbocycles. The van der Waals surface area contributed by atoms with E-state index >= 15 is 0 Å². The first-order valence-electron chi connectivity index (χ1n) is 4.45. The lowest BCUT2D eigenvalue weighted by Crippen LogP contribution is -1.99. The van der Waals surface area contributed by atoms with Crippen LogP contribution in [0.25, 0.3) is 0 Å². The van der Waals surface area contributed by atoms with Crippen LogP contribution in [0.2, 0.25) is 0 Å². The van der Waals surface area contributed by atoms with Gasteiger partial charge in [0.05, 0.1) is 6.42 Å². The summed E-state index contributed by atoms with van der Waals surface area (Å²) >= 11 is 0. The van der Waals surface area contributed by atoms with Gasteiger partial charge in [-0.15, -0.1) is 0 Å². The van der Waals surface area contributed by atoms with Crippen molar-refractivity contribution in [1.29, 1.82) is 0 Å². The van der Waals surface area contributed by atoms with Gasteiger partial charge in [-0.25, -0.2) is 9.18 Å². The topological polar surface area (TPSA) is 76.2 Å². The minimum absolute atomic E-state index is 0.142. The molecule has 1 aromatic heterocycles. The van der Waals surface area contributed by atoms with Crippen LogP contribution in [-0.2, 0) is 6.42 Å². The Hall–Kier alpha value is -2.24. The number of halogens is 1. The Morgan fingerprint density at radius 1 is 1.50 bits per heavy atom. The van der Waals surface area contributed by atoms with Crippen molar-refractivity contribution in [3.63, 3.8) is 0 Å². The van der Waals surface area contributed by atoms with E-state index in [0.717, 1.165) is 0 Å². The van der Waals surface area contributed by atoms with Crippen molar-refractivity contribution in [1.82, 2.24) is 10.1 Å². The first kappa shape index (κ1) is 10.3. The van der Waals surface area contributed by atoms with Crippen LogP contribution in [0.1, 0.15) is 22.1 Å². The van der Waals surface area contributed by atoms with E-state index in [4.69, 9.17) is 9.63 Å². The molecule has 0 bridgehead atoms. The third-order valence-corrected chi connectivity index (χ3v) is 1.90. The van der Waals surface area contributed by atoms with Crippen LogP contribution in [0.5, 0.6) is 0 Å². The van der Waals surface area contributed by atoms with Crippen molar-refractivity contribution in [2.45, 2.75) is 6.42 Å². The first-order valence-corrected chi connectivity index (χ1v) is 4.45. The van der Waals surface area contributed by atoms with E-state index in [1.54, 1.807) is 12.1 Å². The van der Waals surface area contributed by atoms with Crippen molar-refractivity contribution >= 4 is 5.97 Å². The molecule has 0 atom stereocenters. The predicted molar refractivity (Wildman–Crippen MR) is 50.5 cm³/mol. The standard InChI is InChI=1S/C10H7FN2O3/c11-7-3-1-2-6(4-7)5-8-12-9(10(14)15)13-16-8/h1-4H,5H2,(H,14,15). The second-order valence-corrected chi connectivity index (χ2v) is 3.12. The molecule has 2 rings (SSSR count). The summed E-state index contributed by atoms with van der Waals surface area (Å²) in [5, 5.41) is 11.8. The molecular weight excluding hydrogens is 215 g/mol. The predicted octanol–water partition coefficient (Wildman–Crippen LogP) is 1.50. The van der Waals surface area contributed by atoms with Gasteiger partial charge in [-0.3, -0.25) is 0 Å². The molecule has 0 aliphatic carbocycles. The number of aromatic carboxylic acids is 1. The highest BCUT2D eigenvalue weighted by molar-refractivity contribution is 5.82. The van der Waals surface area contributed by atoms with Crippen LogP contribution in [0.4, 0.5) is 4.39 Å². The number of hydrogen-bond acceptors (Lipinski definition) is 4. The number of benzene rings is 1. The van der Waals surface area contributed by atoms with Gasteiger partial charge >= 0.3 is 5.97 Å². The zero-order valence-electron chi connectivity index (χ0n) is 8.05. The average molecular weight is 222 g/mol. The second-order valence-electron chi connectivity index (χ2n) is 3.12. The summed E-state index contributed by atoms with van der Waals surface area (Å²) < 4.78 is 17.5. The van der Waals surface area contributed by atoms with Gasteiger partial charge < -0.3 is 9.63 Å². The van der Waals surface area contributed by atoms with Crippen molar-refractivity contribution in [3.8, 4) is 0 Å². The van der Waals surface area contributed by atoms with Crippen molar-refractivity contribution in [2.75, 3.05) is 0 Å². The van der Waals surface area contributed by atoms with E-state index < -0.39 is 11.8 Å². The number of hydrogen-bond donors (Lipinski definition) is 1. The van der Waals surface area contributed by atoms with Crippen molar-refractivity contribution in [3.05, 3.63) is 47.4 Å². The molecule has 1 N–H and O–H groups in total. The molecule has 0 saturated heterocycles. The quantitative estimate of drug-likeness (QED) is 0.851. The normalized spacial score (nSPS) is 10.3. The van der Waals surface area contributed by atoms with E-state index in [-0.39, 0.29) is 18.1 Å². The first-order chi connectivity index (χ1) is 7.65. The third-order valence-electron chi connectivity index (χ3n) is 1.90. The van der Waals surface area contributed by atoms with Crippen LogP contribution < -0.4 is 0 Å². The van der Waals surface area contributed by atoms with E-state index in [2.05, 4.69) is 10.1 Å². The summed E-state index contributed by atoms with van der Waals surface area (Å²) in [6.07, 6.45) is 0.206. The van der Waals surface area contributed by atoms with Gasteiger partial charge in [0.1, 0.15) is 5.82 Å². The fourth-order valence-electron chi connectivity index (χ4n) is 1.24. The molecule has 16 heavy (non-hydrogen) atoms. The van der Waals surface area contributed by atoms with Gasteiger partial charge in [0, 0.05) is 0 Å². The van der Waals surface area contributed by atoms with E-state index in [9.17, 15) is 9.18 Å². The van der Waals surface area contributed by atoms with E-state index in [0.29, 0.717) is 5.56 Å². The zero-order valence-corrected chi connectivity index (χ0v) is 8.05. The zero-order chi connectivity index (χ0) is 11.5. The van der Waals surface area contributed by atoms with Gasteiger partial charge in [-0.05, 0) is 22.9 Å².